The molecule has 5 heteroatoms. The van der Waals surface area contributed by atoms with E-state index in [0.717, 1.165) is 35.6 Å². The third-order valence-electron chi connectivity index (χ3n) is 3.39. The summed E-state index contributed by atoms with van der Waals surface area (Å²) in [7, 11) is 0. The minimum Gasteiger partial charge on any atom is -0.333 e. The topological polar surface area (TPSA) is 64.5 Å². The molecule has 0 aliphatic rings. The van der Waals surface area contributed by atoms with Gasteiger partial charge in [-0.15, -0.1) is 0 Å². The summed E-state index contributed by atoms with van der Waals surface area (Å²) >= 11 is 1.69. The maximum Gasteiger partial charge on any atom is 0.166 e. The van der Waals surface area contributed by atoms with Crippen molar-refractivity contribution in [2.24, 2.45) is 0 Å². The van der Waals surface area contributed by atoms with Gasteiger partial charge in [0.25, 0.3) is 0 Å². The van der Waals surface area contributed by atoms with Gasteiger partial charge in [-0.3, -0.25) is 5.32 Å². The molecule has 0 aliphatic carbocycles. The van der Waals surface area contributed by atoms with Gasteiger partial charge in [-0.1, -0.05) is 37.7 Å². The van der Waals surface area contributed by atoms with Crippen molar-refractivity contribution in [2.45, 2.75) is 49.6 Å². The molecule has 0 spiro atoms. The fourth-order valence-corrected chi connectivity index (χ4v) is 3.47. The minimum absolute atomic E-state index is 0.305. The number of hydrogen-bond acceptors (Lipinski definition) is 4. The first-order chi connectivity index (χ1) is 10.1. The summed E-state index contributed by atoms with van der Waals surface area (Å²) in [5, 5.41) is 14.0. The number of para-hydroxylation sites is 2. The van der Waals surface area contributed by atoms with Crippen LogP contribution in [0.5, 0.6) is 0 Å². The number of H-pyrrole nitrogens is 1. The van der Waals surface area contributed by atoms with E-state index < -0.39 is 5.54 Å². The number of rotatable bonds is 7. The van der Waals surface area contributed by atoms with Crippen LogP contribution in [0.4, 0.5) is 0 Å². The zero-order chi connectivity index (χ0) is 15.3. The number of imidazole rings is 1. The van der Waals surface area contributed by atoms with Crippen molar-refractivity contribution in [3.05, 3.63) is 24.3 Å². The van der Waals surface area contributed by atoms with E-state index in [1.165, 1.54) is 0 Å². The van der Waals surface area contributed by atoms with Gasteiger partial charge in [-0.05, 0) is 38.4 Å². The van der Waals surface area contributed by atoms with Crippen molar-refractivity contribution in [1.82, 2.24) is 15.3 Å². The predicted molar refractivity (Wildman–Crippen MR) is 88.3 cm³/mol. The van der Waals surface area contributed by atoms with Crippen LogP contribution < -0.4 is 5.32 Å². The number of fused-ring (bicyclic) bond motifs is 1. The first-order valence-corrected chi connectivity index (χ1v) is 8.22. The van der Waals surface area contributed by atoms with E-state index >= 15 is 0 Å². The number of benzene rings is 1. The second-order valence-electron chi connectivity index (χ2n) is 5.56. The summed E-state index contributed by atoms with van der Waals surface area (Å²) in [4.78, 5) is 7.90. The highest BCUT2D eigenvalue weighted by Gasteiger charge is 2.26. The highest BCUT2D eigenvalue weighted by molar-refractivity contribution is 7.99. The van der Waals surface area contributed by atoms with Gasteiger partial charge in [0.15, 0.2) is 5.16 Å². The highest BCUT2D eigenvalue weighted by atomic mass is 32.2. The Kier molecular flexibility index (Phi) is 5.27. The van der Waals surface area contributed by atoms with E-state index in [1.54, 1.807) is 11.8 Å². The molecule has 4 nitrogen and oxygen atoms in total. The quantitative estimate of drug-likeness (QED) is 0.765. The normalized spacial score (nSPS) is 15.5. The lowest BCUT2D eigenvalue weighted by Crippen LogP contribution is -2.43. The van der Waals surface area contributed by atoms with Crippen LogP contribution in [0.15, 0.2) is 29.4 Å². The van der Waals surface area contributed by atoms with Gasteiger partial charge < -0.3 is 4.98 Å². The average Bonchev–Trinajstić information content (AvgIpc) is 2.87. The molecule has 0 amide bonds. The van der Waals surface area contributed by atoms with Gasteiger partial charge in [0.05, 0.1) is 17.1 Å². The first kappa shape index (κ1) is 15.9. The number of aromatic amines is 1. The fraction of sp³-hybridized carbons (Fsp3) is 0.500. The Morgan fingerprint density at radius 2 is 2.24 bits per heavy atom. The first-order valence-electron chi connectivity index (χ1n) is 7.34. The zero-order valence-electron chi connectivity index (χ0n) is 12.8. The lowest BCUT2D eigenvalue weighted by atomic mass is 9.98. The lowest BCUT2D eigenvalue weighted by Gasteiger charge is -2.25. The van der Waals surface area contributed by atoms with Crippen LogP contribution in [0, 0.1) is 11.3 Å². The Morgan fingerprint density at radius 1 is 1.48 bits per heavy atom. The summed E-state index contributed by atoms with van der Waals surface area (Å²) in [6.07, 6.45) is 1.81. The fourth-order valence-electron chi connectivity index (χ4n) is 2.35. The maximum atomic E-state index is 9.40. The molecule has 0 aliphatic heterocycles. The third-order valence-corrected chi connectivity index (χ3v) is 4.37. The summed E-state index contributed by atoms with van der Waals surface area (Å²) in [6, 6.07) is 10.4. The van der Waals surface area contributed by atoms with Crippen molar-refractivity contribution >= 4 is 22.8 Å². The number of nitrogens with one attached hydrogen (secondary N) is 2. The van der Waals surface area contributed by atoms with Crippen molar-refractivity contribution in [3.8, 4) is 6.07 Å². The van der Waals surface area contributed by atoms with E-state index in [0.29, 0.717) is 5.25 Å². The predicted octanol–water partition coefficient (Wildman–Crippen LogP) is 3.72. The van der Waals surface area contributed by atoms with Gasteiger partial charge in [-0.25, -0.2) is 4.98 Å². The van der Waals surface area contributed by atoms with E-state index in [1.807, 2.05) is 31.2 Å². The Hall–Kier alpha value is -1.51. The number of nitriles is 1. The monoisotopic (exact) mass is 302 g/mol. The van der Waals surface area contributed by atoms with Crippen molar-refractivity contribution in [2.75, 3.05) is 6.54 Å². The van der Waals surface area contributed by atoms with Crippen molar-refractivity contribution in [1.29, 1.82) is 5.26 Å². The molecule has 2 atom stereocenters. The molecule has 0 bridgehead atoms. The van der Waals surface area contributed by atoms with Gasteiger partial charge in [0.2, 0.25) is 0 Å². The molecule has 0 saturated carbocycles. The van der Waals surface area contributed by atoms with Crippen LogP contribution in [0.3, 0.4) is 0 Å². The van der Waals surface area contributed by atoms with E-state index in [4.69, 9.17) is 0 Å². The largest absolute Gasteiger partial charge is 0.333 e. The Labute approximate surface area is 130 Å². The minimum atomic E-state index is -0.478. The van der Waals surface area contributed by atoms with Crippen molar-refractivity contribution < 1.29 is 0 Å². The number of hydrogen-bond donors (Lipinski definition) is 2. The van der Waals surface area contributed by atoms with Crippen LogP contribution in [0.2, 0.25) is 0 Å². The van der Waals surface area contributed by atoms with Crippen LogP contribution in [0.25, 0.3) is 11.0 Å². The molecule has 2 aromatic rings. The second-order valence-corrected chi connectivity index (χ2v) is 6.99. The van der Waals surface area contributed by atoms with Gasteiger partial charge in [-0.2, -0.15) is 5.26 Å². The van der Waals surface area contributed by atoms with Gasteiger partial charge >= 0.3 is 0 Å². The van der Waals surface area contributed by atoms with E-state index in [9.17, 15) is 5.26 Å². The third kappa shape index (κ3) is 4.23. The molecule has 2 rings (SSSR count). The van der Waals surface area contributed by atoms with E-state index in [-0.39, 0.29) is 0 Å². The van der Waals surface area contributed by atoms with Crippen LogP contribution in [-0.4, -0.2) is 27.3 Å². The molecule has 1 aromatic heterocycles. The SMILES string of the molecule is CCCNC(C)(C#N)CC(C)Sc1nc2ccccc2[nH]1. The molecule has 0 fully saturated rings. The Balaban J connectivity index is 2.00. The number of thioether (sulfide) groups is 1. The van der Waals surface area contributed by atoms with E-state index in [2.05, 4.69) is 35.2 Å². The lowest BCUT2D eigenvalue weighted by molar-refractivity contribution is 0.418. The number of aromatic nitrogens is 2. The second kappa shape index (κ2) is 6.97. The molecule has 0 radical (unpaired) electrons. The molecule has 21 heavy (non-hydrogen) atoms. The van der Waals surface area contributed by atoms with Crippen LogP contribution in [0.1, 0.15) is 33.6 Å². The summed E-state index contributed by atoms with van der Waals surface area (Å²) in [6.45, 7) is 7.09. The zero-order valence-corrected chi connectivity index (χ0v) is 13.6. The Bertz CT molecular complexity index is 597. The van der Waals surface area contributed by atoms with Gasteiger partial charge in [0, 0.05) is 5.25 Å². The summed E-state index contributed by atoms with van der Waals surface area (Å²) in [5.41, 5.74) is 1.56. The standard InChI is InChI=1S/C16H22N4S/c1-4-9-18-16(3,11-17)10-12(2)21-15-19-13-7-5-6-8-14(13)20-15/h5-8,12,18H,4,9-10H2,1-3H3,(H,19,20). The summed E-state index contributed by atoms with van der Waals surface area (Å²) in [5.74, 6) is 0. The molecule has 2 N–H and O–H groups in total. The van der Waals surface area contributed by atoms with Crippen molar-refractivity contribution in [3.63, 3.8) is 0 Å². The molecule has 1 aromatic carbocycles. The highest BCUT2D eigenvalue weighted by Crippen LogP contribution is 2.28. The van der Waals surface area contributed by atoms with Crippen LogP contribution in [-0.2, 0) is 0 Å². The molecule has 1 heterocycles. The molecule has 2 unspecified atom stereocenters. The number of nitrogens with zero attached hydrogens (tertiary/aromatic N) is 2. The molecular formula is C16H22N4S. The van der Waals surface area contributed by atoms with Crippen LogP contribution >= 0.6 is 11.8 Å². The average molecular weight is 302 g/mol. The summed E-state index contributed by atoms with van der Waals surface area (Å²) < 4.78 is 0. The molecule has 112 valence electrons. The molecular weight excluding hydrogens is 280 g/mol. The maximum absolute atomic E-state index is 9.40. The Morgan fingerprint density at radius 3 is 2.90 bits per heavy atom. The molecule has 0 saturated heterocycles. The smallest absolute Gasteiger partial charge is 0.166 e. The van der Waals surface area contributed by atoms with Gasteiger partial charge in [0.1, 0.15) is 5.54 Å².